The Morgan fingerprint density at radius 3 is 2.00 bits per heavy atom. The van der Waals surface area contributed by atoms with Gasteiger partial charge in [0.1, 0.15) is 17.8 Å². The van der Waals surface area contributed by atoms with Crippen molar-refractivity contribution in [2.75, 3.05) is 6.61 Å². The van der Waals surface area contributed by atoms with Crippen LogP contribution < -0.4 is 0 Å². The molecular weight excluding hydrogens is 716 g/mol. The number of rotatable bonds is 6. The van der Waals surface area contributed by atoms with E-state index in [1.807, 2.05) is 6.92 Å². The Balaban J connectivity index is 1.93. The first-order chi connectivity index (χ1) is 25.2. The first-order valence-electron chi connectivity index (χ1n) is 17.5. The maximum Gasteiger partial charge on any atom is 0.338 e. The van der Waals surface area contributed by atoms with Crippen molar-refractivity contribution in [3.8, 4) is 0 Å². The molecule has 17 heteroatoms. The van der Waals surface area contributed by atoms with Gasteiger partial charge in [-0.1, -0.05) is 25.1 Å². The summed E-state index contributed by atoms with van der Waals surface area (Å²) in [4.78, 5) is 108. The minimum absolute atomic E-state index is 0.123. The molecule has 0 radical (unpaired) electrons. The molecule has 4 bridgehead atoms. The summed E-state index contributed by atoms with van der Waals surface area (Å²) >= 11 is 0. The van der Waals surface area contributed by atoms with E-state index in [0.717, 1.165) is 41.5 Å². The fourth-order valence-corrected chi connectivity index (χ4v) is 8.86. The molecule has 1 aromatic rings. The number of fused-ring (bicyclic) bond motifs is 5. The lowest BCUT2D eigenvalue weighted by Crippen LogP contribution is -2.91. The van der Waals surface area contributed by atoms with E-state index in [1.54, 1.807) is 18.2 Å². The number of Topliss-reactive ketones (excluding diaryl/α,β-unsaturated/α-hetero) is 1. The molecule has 0 aromatic heterocycles. The molecule has 54 heavy (non-hydrogen) atoms. The summed E-state index contributed by atoms with van der Waals surface area (Å²) in [6.07, 6.45) is -10.6. The van der Waals surface area contributed by atoms with Gasteiger partial charge in [0.15, 0.2) is 35.8 Å². The maximum atomic E-state index is 15.0. The molecule has 1 spiro atoms. The fourth-order valence-electron chi connectivity index (χ4n) is 8.86. The molecule has 2 aliphatic heterocycles. The van der Waals surface area contributed by atoms with Crippen LogP contribution in [0.4, 0.5) is 0 Å². The van der Waals surface area contributed by atoms with Crippen LogP contribution >= 0.6 is 0 Å². The molecule has 5 rings (SSSR count). The minimum Gasteiger partial charge on any atom is -0.459 e. The minimum atomic E-state index is -3.06. The van der Waals surface area contributed by atoms with E-state index >= 15 is 4.79 Å². The second kappa shape index (κ2) is 14.4. The van der Waals surface area contributed by atoms with Crippen molar-refractivity contribution in [1.82, 2.24) is 0 Å². The Labute approximate surface area is 310 Å². The third-order valence-corrected chi connectivity index (χ3v) is 10.7. The molecule has 1 aromatic carbocycles. The molecule has 1 saturated heterocycles. The Morgan fingerprint density at radius 1 is 0.833 bits per heavy atom. The molecule has 17 nitrogen and oxygen atoms in total. The van der Waals surface area contributed by atoms with Crippen LogP contribution in [0.25, 0.3) is 0 Å². The molecule has 3 fully saturated rings. The number of carbonyl (C=O) groups is 8. The summed E-state index contributed by atoms with van der Waals surface area (Å²) in [6.45, 7) is 8.02. The highest BCUT2D eigenvalue weighted by atomic mass is 16.7. The summed E-state index contributed by atoms with van der Waals surface area (Å²) in [6, 6.07) is 6.53. The van der Waals surface area contributed by atoms with E-state index in [0.29, 0.717) is 12.0 Å². The Morgan fingerprint density at radius 2 is 1.43 bits per heavy atom. The van der Waals surface area contributed by atoms with Crippen LogP contribution in [-0.2, 0) is 71.5 Å². The number of benzene rings is 1. The fraction of sp³-hybridized carbons (Fsp3) is 0.622. The summed E-state index contributed by atoms with van der Waals surface area (Å²) < 4.78 is 47.2. The van der Waals surface area contributed by atoms with Gasteiger partial charge in [-0.15, -0.1) is 0 Å². The van der Waals surface area contributed by atoms with Crippen LogP contribution in [-0.4, -0.2) is 112 Å². The molecule has 2 aliphatic carbocycles. The van der Waals surface area contributed by atoms with E-state index in [-0.39, 0.29) is 24.3 Å². The van der Waals surface area contributed by atoms with Gasteiger partial charge in [0.2, 0.25) is 11.7 Å². The quantitative estimate of drug-likeness (QED) is 0.320. The molecule has 0 unspecified atom stereocenters. The van der Waals surface area contributed by atoms with Gasteiger partial charge in [-0.05, 0) is 44.2 Å². The normalized spacial score (nSPS) is 37.3. The molecule has 0 amide bonds. The van der Waals surface area contributed by atoms with Gasteiger partial charge >= 0.3 is 41.8 Å². The Hall–Kier alpha value is -4.90. The highest BCUT2D eigenvalue weighted by Gasteiger charge is 2.93. The molecule has 2 heterocycles. The number of esters is 7. The van der Waals surface area contributed by atoms with Crippen molar-refractivity contribution in [1.29, 1.82) is 0 Å². The van der Waals surface area contributed by atoms with E-state index in [4.69, 9.17) is 37.9 Å². The number of hydrogen-bond donors (Lipinski definition) is 1. The third-order valence-electron chi connectivity index (χ3n) is 10.7. The average Bonchev–Trinajstić information content (AvgIpc) is 3.29. The van der Waals surface area contributed by atoms with Crippen molar-refractivity contribution in [2.45, 2.75) is 133 Å². The monoisotopic (exact) mass is 760 g/mol. The van der Waals surface area contributed by atoms with Gasteiger partial charge in [-0.25, -0.2) is 4.79 Å². The number of aliphatic hydroxyl groups is 1. The second-order valence-corrected chi connectivity index (χ2v) is 14.4. The van der Waals surface area contributed by atoms with Gasteiger partial charge in [-0.2, -0.15) is 0 Å². The highest BCUT2D eigenvalue weighted by Crippen LogP contribution is 2.66. The van der Waals surface area contributed by atoms with Gasteiger partial charge in [0.25, 0.3) is 0 Å². The topological polar surface area (TPSA) is 231 Å². The summed E-state index contributed by atoms with van der Waals surface area (Å²) in [5.74, 6) is -10.7. The maximum absolute atomic E-state index is 15.0. The summed E-state index contributed by atoms with van der Waals surface area (Å²) in [5, 5.41) is 13.1. The van der Waals surface area contributed by atoms with Crippen LogP contribution in [0.5, 0.6) is 0 Å². The van der Waals surface area contributed by atoms with Crippen molar-refractivity contribution in [3.63, 3.8) is 0 Å². The summed E-state index contributed by atoms with van der Waals surface area (Å²) in [5.41, 5.74) is -10.3. The molecule has 11 atom stereocenters. The van der Waals surface area contributed by atoms with E-state index in [9.17, 15) is 38.7 Å². The SMILES string of the molecule is CC[C@@H]1CCC(=O)O[C@H]2[C@H](OC(C)=O)[C@H](OC(C)=O)[C@@]3(OC(C)=O)[C@H](OC(C)=O)C(=O)[C@@H]4[C@@H](OC(C)=O)[C@]3(O[C@@]4(C)COC(=O)c3ccccc31)[C@@]2(C)O. The van der Waals surface area contributed by atoms with Gasteiger partial charge in [0, 0.05) is 41.0 Å². The number of hydrogen-bond acceptors (Lipinski definition) is 17. The molecule has 294 valence electrons. The van der Waals surface area contributed by atoms with Crippen molar-refractivity contribution >= 4 is 47.6 Å². The smallest absolute Gasteiger partial charge is 0.338 e. The van der Waals surface area contributed by atoms with Crippen molar-refractivity contribution in [3.05, 3.63) is 35.4 Å². The number of cyclic esters (lactones) is 1. The van der Waals surface area contributed by atoms with Crippen LogP contribution in [0.1, 0.15) is 96.5 Å². The molecule has 2 saturated carbocycles. The zero-order valence-electron chi connectivity index (χ0n) is 31.2. The lowest BCUT2D eigenvalue weighted by molar-refractivity contribution is -0.387. The largest absolute Gasteiger partial charge is 0.459 e. The molecule has 1 N–H and O–H groups in total. The van der Waals surface area contributed by atoms with Gasteiger partial charge < -0.3 is 43.0 Å². The third kappa shape index (κ3) is 6.29. The van der Waals surface area contributed by atoms with Crippen LogP contribution in [0.15, 0.2) is 24.3 Å². The van der Waals surface area contributed by atoms with E-state index in [2.05, 4.69) is 0 Å². The van der Waals surface area contributed by atoms with Gasteiger partial charge in [-0.3, -0.25) is 33.6 Å². The lowest BCUT2D eigenvalue weighted by atomic mass is 9.50. The Kier molecular flexibility index (Phi) is 10.7. The number of carbonyl (C=O) groups excluding carboxylic acids is 8. The van der Waals surface area contributed by atoms with Crippen LogP contribution in [0.3, 0.4) is 0 Å². The molecular formula is C37H44O17. The van der Waals surface area contributed by atoms with Crippen LogP contribution in [0, 0.1) is 5.92 Å². The van der Waals surface area contributed by atoms with E-state index < -0.39 is 113 Å². The first-order valence-corrected chi connectivity index (χ1v) is 17.5. The predicted octanol–water partition coefficient (Wildman–Crippen LogP) is 1.56. The second-order valence-electron chi connectivity index (χ2n) is 14.4. The highest BCUT2D eigenvalue weighted by molar-refractivity contribution is 5.95. The lowest BCUT2D eigenvalue weighted by Gasteiger charge is -2.65. The standard InChI is InChI=1S/C37H44O17/c1-9-22-14-15-25(43)52-31-28(48-17(2)38)32(51-20(5)41)36(53-21(6)42)30(50-19(4)40)27(44)26-29(49-18(3)39)37(36,35(31,8)46)54-34(26,7)16-47-33(45)24-13-11-10-12-23(22)24/h10-13,22,26,28-32,46H,9,14-16H2,1-8H3/t22-,26-,28+,29-,30-,31+,32+,34+,35+,36+,37+/m1/s1. The predicted molar refractivity (Wildman–Crippen MR) is 177 cm³/mol. The number of ether oxygens (including phenoxy) is 8. The Bertz CT molecular complexity index is 1770. The summed E-state index contributed by atoms with van der Waals surface area (Å²) in [7, 11) is 0. The first kappa shape index (κ1) is 40.3. The van der Waals surface area contributed by atoms with E-state index in [1.165, 1.54) is 13.0 Å². The van der Waals surface area contributed by atoms with Gasteiger partial charge in [0.05, 0.1) is 11.5 Å². The zero-order valence-corrected chi connectivity index (χ0v) is 31.2. The molecule has 4 aliphatic rings. The van der Waals surface area contributed by atoms with Crippen molar-refractivity contribution in [2.24, 2.45) is 5.92 Å². The average molecular weight is 761 g/mol. The zero-order chi connectivity index (χ0) is 40.1. The van der Waals surface area contributed by atoms with Crippen LogP contribution in [0.2, 0.25) is 0 Å². The number of ketones is 1. The van der Waals surface area contributed by atoms with Crippen molar-refractivity contribution < 1.29 is 81.4 Å².